The van der Waals surface area contributed by atoms with Crippen LogP contribution in [0.4, 0.5) is 16.2 Å². The molecule has 9 nitrogen and oxygen atoms in total. The largest absolute Gasteiger partial charge is 0.482 e. The van der Waals surface area contributed by atoms with E-state index < -0.39 is 0 Å². The van der Waals surface area contributed by atoms with E-state index in [0.29, 0.717) is 36.8 Å². The molecule has 2 aliphatic heterocycles. The summed E-state index contributed by atoms with van der Waals surface area (Å²) in [5, 5.41) is 5.56. The predicted octanol–water partition coefficient (Wildman–Crippen LogP) is 0.361. The van der Waals surface area contributed by atoms with Gasteiger partial charge in [-0.2, -0.15) is 0 Å². The molecule has 4 N–H and O–H groups in total. The molecule has 0 saturated carbocycles. The Labute approximate surface area is 157 Å². The van der Waals surface area contributed by atoms with Crippen molar-refractivity contribution in [1.82, 2.24) is 10.2 Å². The van der Waals surface area contributed by atoms with Gasteiger partial charge in [0.15, 0.2) is 6.61 Å². The lowest BCUT2D eigenvalue weighted by Crippen LogP contribution is -2.44. The van der Waals surface area contributed by atoms with Gasteiger partial charge < -0.3 is 30.9 Å². The SMILES string of the molecule is CN1C(=O)COc2ccc(NC(=O)NCCN3CCC[C@H](C(N)=O)C3)cc21. The first-order chi connectivity index (χ1) is 12.9. The summed E-state index contributed by atoms with van der Waals surface area (Å²) >= 11 is 0. The molecule has 2 heterocycles. The summed E-state index contributed by atoms with van der Waals surface area (Å²) < 4.78 is 5.37. The van der Waals surface area contributed by atoms with Crippen LogP contribution in [0.2, 0.25) is 0 Å². The fraction of sp³-hybridized carbons (Fsp3) is 0.500. The fourth-order valence-electron chi connectivity index (χ4n) is 3.34. The second-order valence-corrected chi connectivity index (χ2v) is 6.85. The molecule has 2 aliphatic rings. The Bertz CT molecular complexity index is 738. The number of likely N-dealkylation sites (N-methyl/N-ethyl adjacent to an activating group) is 1. The number of nitrogens with two attached hydrogens (primary N) is 1. The molecule has 1 atom stereocenters. The second kappa shape index (κ2) is 8.26. The highest BCUT2D eigenvalue weighted by molar-refractivity contribution is 5.99. The molecule has 1 fully saturated rings. The Kier molecular flexibility index (Phi) is 5.80. The Hall–Kier alpha value is -2.81. The third-order valence-electron chi connectivity index (χ3n) is 4.92. The Morgan fingerprint density at radius 2 is 2.19 bits per heavy atom. The standard InChI is InChI=1S/C18H25N5O4/c1-22-14-9-13(4-5-15(14)27-11-16(22)24)21-18(26)20-6-8-23-7-2-3-12(10-23)17(19)25/h4-5,9,12H,2-3,6-8,10-11H2,1H3,(H2,19,25)(H2,20,21,26)/t12-/m0/s1. The Balaban J connectivity index is 1.47. The maximum Gasteiger partial charge on any atom is 0.319 e. The van der Waals surface area contributed by atoms with Crippen molar-refractivity contribution in [3.8, 4) is 5.75 Å². The highest BCUT2D eigenvalue weighted by Gasteiger charge is 2.24. The van der Waals surface area contributed by atoms with E-state index in [1.54, 1.807) is 25.2 Å². The monoisotopic (exact) mass is 375 g/mol. The Morgan fingerprint density at radius 3 is 2.96 bits per heavy atom. The van der Waals surface area contributed by atoms with E-state index in [0.717, 1.165) is 19.4 Å². The number of fused-ring (bicyclic) bond motifs is 1. The average molecular weight is 375 g/mol. The highest BCUT2D eigenvalue weighted by atomic mass is 16.5. The number of amides is 4. The molecule has 0 aromatic heterocycles. The van der Waals surface area contributed by atoms with Crippen LogP contribution < -0.4 is 26.0 Å². The van der Waals surface area contributed by atoms with E-state index in [9.17, 15) is 14.4 Å². The molecule has 0 spiro atoms. The van der Waals surface area contributed by atoms with Crippen molar-refractivity contribution >= 4 is 29.2 Å². The van der Waals surface area contributed by atoms with E-state index in [4.69, 9.17) is 10.5 Å². The average Bonchev–Trinajstić information content (AvgIpc) is 2.65. The first-order valence-electron chi connectivity index (χ1n) is 9.04. The highest BCUT2D eigenvalue weighted by Crippen LogP contribution is 2.33. The number of carbonyl (C=O) groups is 3. The summed E-state index contributed by atoms with van der Waals surface area (Å²) in [5.41, 5.74) is 6.57. The van der Waals surface area contributed by atoms with Crippen molar-refractivity contribution in [3.63, 3.8) is 0 Å². The number of primary amides is 1. The van der Waals surface area contributed by atoms with Crippen molar-refractivity contribution < 1.29 is 19.1 Å². The van der Waals surface area contributed by atoms with E-state index in [2.05, 4.69) is 15.5 Å². The number of anilines is 2. The lowest BCUT2D eigenvalue weighted by molar-refractivity contribution is -0.123. The second-order valence-electron chi connectivity index (χ2n) is 6.85. The molecular weight excluding hydrogens is 350 g/mol. The number of urea groups is 1. The minimum atomic E-state index is -0.330. The van der Waals surface area contributed by atoms with Gasteiger partial charge in [0, 0.05) is 32.4 Å². The van der Waals surface area contributed by atoms with Crippen LogP contribution in [0.3, 0.4) is 0 Å². The number of piperidine rings is 1. The number of rotatable bonds is 5. The van der Waals surface area contributed by atoms with Gasteiger partial charge in [0.25, 0.3) is 5.91 Å². The number of likely N-dealkylation sites (tertiary alicyclic amines) is 1. The van der Waals surface area contributed by atoms with Crippen LogP contribution in [-0.2, 0) is 9.59 Å². The van der Waals surface area contributed by atoms with E-state index in [-0.39, 0.29) is 30.4 Å². The number of hydrogen-bond donors (Lipinski definition) is 3. The van der Waals surface area contributed by atoms with Gasteiger partial charge in [-0.1, -0.05) is 0 Å². The smallest absolute Gasteiger partial charge is 0.319 e. The topological polar surface area (TPSA) is 117 Å². The first-order valence-corrected chi connectivity index (χ1v) is 9.04. The lowest BCUT2D eigenvalue weighted by atomic mass is 9.97. The maximum atomic E-state index is 12.1. The number of nitrogens with zero attached hydrogens (tertiary/aromatic N) is 2. The molecule has 4 amide bonds. The number of carbonyl (C=O) groups excluding carboxylic acids is 3. The molecule has 146 valence electrons. The van der Waals surface area contributed by atoms with Crippen LogP contribution in [0.15, 0.2) is 18.2 Å². The zero-order valence-electron chi connectivity index (χ0n) is 15.4. The van der Waals surface area contributed by atoms with Gasteiger partial charge in [-0.05, 0) is 37.6 Å². The molecular formula is C18H25N5O4. The minimum Gasteiger partial charge on any atom is -0.482 e. The number of nitrogens with one attached hydrogen (secondary N) is 2. The maximum absolute atomic E-state index is 12.1. The van der Waals surface area contributed by atoms with Gasteiger partial charge in [-0.25, -0.2) is 4.79 Å². The molecule has 0 unspecified atom stereocenters. The van der Waals surface area contributed by atoms with Gasteiger partial charge in [-0.3, -0.25) is 9.59 Å². The third-order valence-corrected chi connectivity index (χ3v) is 4.92. The molecule has 0 radical (unpaired) electrons. The van der Waals surface area contributed by atoms with Crippen molar-refractivity contribution in [2.75, 3.05) is 50.1 Å². The van der Waals surface area contributed by atoms with Crippen LogP contribution in [0.1, 0.15) is 12.8 Å². The van der Waals surface area contributed by atoms with Crippen molar-refractivity contribution in [2.24, 2.45) is 11.7 Å². The van der Waals surface area contributed by atoms with E-state index >= 15 is 0 Å². The zero-order chi connectivity index (χ0) is 19.4. The summed E-state index contributed by atoms with van der Waals surface area (Å²) in [5.74, 6) is 0.104. The van der Waals surface area contributed by atoms with Crippen LogP contribution in [0, 0.1) is 5.92 Å². The molecule has 27 heavy (non-hydrogen) atoms. The summed E-state index contributed by atoms with van der Waals surface area (Å²) in [6, 6.07) is 4.83. The quantitative estimate of drug-likeness (QED) is 0.687. The number of ether oxygens (including phenoxy) is 1. The molecule has 9 heteroatoms. The molecule has 3 rings (SSSR count). The van der Waals surface area contributed by atoms with Crippen LogP contribution >= 0.6 is 0 Å². The fourth-order valence-corrected chi connectivity index (χ4v) is 3.34. The van der Waals surface area contributed by atoms with E-state index in [1.807, 2.05) is 0 Å². The van der Waals surface area contributed by atoms with Crippen molar-refractivity contribution in [3.05, 3.63) is 18.2 Å². The van der Waals surface area contributed by atoms with Crippen molar-refractivity contribution in [1.29, 1.82) is 0 Å². The minimum absolute atomic E-state index is 0.0177. The zero-order valence-corrected chi connectivity index (χ0v) is 15.4. The molecule has 1 aromatic carbocycles. The number of hydrogen-bond acceptors (Lipinski definition) is 5. The molecule has 0 aliphatic carbocycles. The lowest BCUT2D eigenvalue weighted by Gasteiger charge is -2.31. The van der Waals surface area contributed by atoms with Gasteiger partial charge in [0.1, 0.15) is 5.75 Å². The summed E-state index contributed by atoms with van der Waals surface area (Å²) in [4.78, 5) is 38.8. The van der Waals surface area contributed by atoms with E-state index in [1.165, 1.54) is 4.90 Å². The normalized spacial score (nSPS) is 19.8. The van der Waals surface area contributed by atoms with Gasteiger partial charge in [0.2, 0.25) is 5.91 Å². The van der Waals surface area contributed by atoms with Crippen LogP contribution in [-0.4, -0.2) is 62.6 Å². The number of benzene rings is 1. The Morgan fingerprint density at radius 1 is 1.37 bits per heavy atom. The summed E-state index contributed by atoms with van der Waals surface area (Å²) in [6.45, 7) is 2.68. The van der Waals surface area contributed by atoms with Crippen molar-refractivity contribution in [2.45, 2.75) is 12.8 Å². The molecule has 0 bridgehead atoms. The van der Waals surface area contributed by atoms with Gasteiger partial charge in [0.05, 0.1) is 11.6 Å². The molecule has 1 saturated heterocycles. The van der Waals surface area contributed by atoms with Gasteiger partial charge in [-0.15, -0.1) is 0 Å². The van der Waals surface area contributed by atoms with Crippen LogP contribution in [0.25, 0.3) is 0 Å². The summed E-state index contributed by atoms with van der Waals surface area (Å²) in [6.07, 6.45) is 1.77. The molecule has 1 aromatic rings. The van der Waals surface area contributed by atoms with Gasteiger partial charge >= 0.3 is 6.03 Å². The van der Waals surface area contributed by atoms with Crippen LogP contribution in [0.5, 0.6) is 5.75 Å². The third kappa shape index (κ3) is 4.68. The summed E-state index contributed by atoms with van der Waals surface area (Å²) in [7, 11) is 1.67. The first kappa shape index (κ1) is 19.0. The predicted molar refractivity (Wildman–Crippen MR) is 101 cm³/mol.